The predicted molar refractivity (Wildman–Crippen MR) is 127 cm³/mol. The van der Waals surface area contributed by atoms with Crippen molar-refractivity contribution in [1.29, 1.82) is 0 Å². The molecule has 0 saturated heterocycles. The summed E-state index contributed by atoms with van der Waals surface area (Å²) >= 11 is 0. The van der Waals surface area contributed by atoms with Crippen molar-refractivity contribution in [2.24, 2.45) is 5.92 Å². The minimum atomic E-state index is -0.389. The van der Waals surface area contributed by atoms with Crippen LogP contribution in [0.1, 0.15) is 30.2 Å². The van der Waals surface area contributed by atoms with Gasteiger partial charge < -0.3 is 15.4 Å². The summed E-state index contributed by atoms with van der Waals surface area (Å²) in [6, 6.07) is 13.8. The van der Waals surface area contributed by atoms with Crippen LogP contribution < -0.4 is 20.7 Å². The van der Waals surface area contributed by atoms with Gasteiger partial charge in [0.15, 0.2) is 5.82 Å². The average molecular weight is 432 g/mol. The number of ether oxygens (including phenoxy) is 1. The third kappa shape index (κ3) is 5.17. The Morgan fingerprint density at radius 1 is 1.16 bits per heavy atom. The highest BCUT2D eigenvalue weighted by Crippen LogP contribution is 2.32. The van der Waals surface area contributed by atoms with Crippen LogP contribution in [-0.2, 0) is 6.42 Å². The van der Waals surface area contributed by atoms with Gasteiger partial charge in [-0.25, -0.2) is 9.78 Å². The molecule has 2 aromatic carbocycles. The molecule has 4 rings (SSSR count). The number of benzene rings is 2. The molecule has 0 radical (unpaired) electrons. The Bertz CT molecular complexity index is 1080. The Morgan fingerprint density at radius 3 is 2.78 bits per heavy atom. The van der Waals surface area contributed by atoms with Crippen molar-refractivity contribution < 1.29 is 9.53 Å². The van der Waals surface area contributed by atoms with Crippen LogP contribution in [0.15, 0.2) is 54.9 Å². The van der Waals surface area contributed by atoms with Gasteiger partial charge in [-0.2, -0.15) is 0 Å². The lowest BCUT2D eigenvalue weighted by Crippen LogP contribution is -2.36. The number of hydrogen-bond acceptors (Lipinski definition) is 5. The second-order valence-corrected chi connectivity index (χ2v) is 8.19. The molecule has 2 heterocycles. The van der Waals surface area contributed by atoms with E-state index in [2.05, 4.69) is 57.1 Å². The second kappa shape index (κ2) is 9.68. The van der Waals surface area contributed by atoms with E-state index in [0.29, 0.717) is 23.2 Å². The van der Waals surface area contributed by atoms with Crippen LogP contribution in [-0.4, -0.2) is 28.6 Å². The Labute approximate surface area is 188 Å². The van der Waals surface area contributed by atoms with E-state index in [1.165, 1.54) is 17.4 Å². The summed E-state index contributed by atoms with van der Waals surface area (Å²) in [5, 5.41) is 9.15. The highest BCUT2D eigenvalue weighted by Gasteiger charge is 2.27. The molecule has 2 atom stereocenters. The monoisotopic (exact) mass is 431 g/mol. The van der Waals surface area contributed by atoms with E-state index in [0.717, 1.165) is 30.6 Å². The maximum atomic E-state index is 12.6. The summed E-state index contributed by atoms with van der Waals surface area (Å²) in [6.07, 6.45) is 4.99. The first-order chi connectivity index (χ1) is 15.5. The lowest BCUT2D eigenvalue weighted by Gasteiger charge is -2.32. The third-order valence-electron chi connectivity index (χ3n) is 5.67. The van der Waals surface area contributed by atoms with Crippen molar-refractivity contribution in [1.82, 2.24) is 9.97 Å². The molecule has 0 bridgehead atoms. The second-order valence-electron chi connectivity index (χ2n) is 8.19. The van der Waals surface area contributed by atoms with Gasteiger partial charge in [0, 0.05) is 18.2 Å². The minimum Gasteiger partial charge on any atom is -0.488 e. The maximum Gasteiger partial charge on any atom is 0.324 e. The fraction of sp³-hybridized carbons (Fsp3) is 0.320. The van der Waals surface area contributed by atoms with Crippen LogP contribution >= 0.6 is 0 Å². The molecule has 1 aromatic heterocycles. The van der Waals surface area contributed by atoms with E-state index in [9.17, 15) is 4.79 Å². The molecule has 0 aliphatic carbocycles. The molecular weight excluding hydrogens is 402 g/mol. The standard InChI is InChI=1S/C25H29N5O2/c1-4-22(19-12-18-7-5-6-8-20(18)27-14-19)32-23-10-9-16(2)11-21(23)29-25(31)30-24-15-26-17(3)13-28-24/h5-11,13,15,19,22,27H,4,12,14H2,1-3H3,(H2,28,29,30,31). The average Bonchev–Trinajstić information content (AvgIpc) is 2.80. The molecule has 7 heteroatoms. The molecule has 7 nitrogen and oxygen atoms in total. The Hall–Kier alpha value is -3.61. The lowest BCUT2D eigenvalue weighted by molar-refractivity contribution is 0.134. The van der Waals surface area contributed by atoms with E-state index in [-0.39, 0.29) is 12.1 Å². The zero-order valence-electron chi connectivity index (χ0n) is 18.7. The summed E-state index contributed by atoms with van der Waals surface area (Å²) in [5.41, 5.74) is 4.96. The van der Waals surface area contributed by atoms with Crippen molar-refractivity contribution in [3.63, 3.8) is 0 Å². The molecule has 1 aliphatic rings. The number of aromatic nitrogens is 2. The largest absolute Gasteiger partial charge is 0.488 e. The van der Waals surface area contributed by atoms with Gasteiger partial charge in [0.1, 0.15) is 11.9 Å². The number of urea groups is 1. The molecule has 166 valence electrons. The number of carbonyl (C=O) groups is 1. The summed E-state index contributed by atoms with van der Waals surface area (Å²) in [4.78, 5) is 20.9. The number of amides is 2. The van der Waals surface area contributed by atoms with E-state index in [1.54, 1.807) is 6.20 Å². The van der Waals surface area contributed by atoms with E-state index in [4.69, 9.17) is 4.74 Å². The SMILES string of the molecule is CCC(Oc1ccc(C)cc1NC(=O)Nc1cnc(C)cn1)C1CNc2ccccc2C1. The summed E-state index contributed by atoms with van der Waals surface area (Å²) < 4.78 is 6.46. The van der Waals surface area contributed by atoms with Crippen LogP contribution in [0.3, 0.4) is 0 Å². The van der Waals surface area contributed by atoms with Gasteiger partial charge in [0.05, 0.1) is 23.8 Å². The number of carbonyl (C=O) groups excluding carboxylic acids is 1. The molecule has 2 unspecified atom stereocenters. The Balaban J connectivity index is 1.47. The zero-order chi connectivity index (χ0) is 22.5. The first-order valence-corrected chi connectivity index (χ1v) is 11.0. The smallest absolute Gasteiger partial charge is 0.324 e. The van der Waals surface area contributed by atoms with Gasteiger partial charge in [-0.3, -0.25) is 10.3 Å². The topological polar surface area (TPSA) is 88.2 Å². The fourth-order valence-electron chi connectivity index (χ4n) is 3.98. The first-order valence-electron chi connectivity index (χ1n) is 11.0. The van der Waals surface area contributed by atoms with E-state index < -0.39 is 0 Å². The Morgan fingerprint density at radius 2 is 2.00 bits per heavy atom. The highest BCUT2D eigenvalue weighted by atomic mass is 16.5. The zero-order valence-corrected chi connectivity index (χ0v) is 18.7. The van der Waals surface area contributed by atoms with E-state index >= 15 is 0 Å². The molecule has 0 spiro atoms. The fourth-order valence-corrected chi connectivity index (χ4v) is 3.98. The molecule has 0 fully saturated rings. The minimum absolute atomic E-state index is 0.0186. The molecule has 3 N–H and O–H groups in total. The van der Waals surface area contributed by atoms with Gasteiger partial charge >= 0.3 is 6.03 Å². The third-order valence-corrected chi connectivity index (χ3v) is 5.67. The van der Waals surface area contributed by atoms with Gasteiger partial charge in [-0.1, -0.05) is 31.2 Å². The number of rotatable bonds is 6. The number of nitrogens with zero attached hydrogens (tertiary/aromatic N) is 2. The number of para-hydroxylation sites is 1. The Kier molecular flexibility index (Phi) is 6.54. The van der Waals surface area contributed by atoms with Crippen LogP contribution in [0, 0.1) is 19.8 Å². The maximum absolute atomic E-state index is 12.6. The van der Waals surface area contributed by atoms with Crippen LogP contribution in [0.2, 0.25) is 0 Å². The van der Waals surface area contributed by atoms with Crippen molar-refractivity contribution in [3.05, 3.63) is 71.7 Å². The summed E-state index contributed by atoms with van der Waals surface area (Å²) in [6.45, 7) is 6.82. The van der Waals surface area contributed by atoms with Crippen molar-refractivity contribution in [2.45, 2.75) is 39.7 Å². The first kappa shape index (κ1) is 21.6. The van der Waals surface area contributed by atoms with Crippen molar-refractivity contribution in [3.8, 4) is 5.75 Å². The van der Waals surface area contributed by atoms with Gasteiger partial charge in [-0.15, -0.1) is 0 Å². The summed E-state index contributed by atoms with van der Waals surface area (Å²) in [7, 11) is 0. The lowest BCUT2D eigenvalue weighted by atomic mass is 9.88. The molecule has 1 aliphatic heterocycles. The number of aryl methyl sites for hydroxylation is 2. The van der Waals surface area contributed by atoms with Crippen LogP contribution in [0.25, 0.3) is 0 Å². The van der Waals surface area contributed by atoms with Crippen LogP contribution in [0.5, 0.6) is 5.75 Å². The summed E-state index contributed by atoms with van der Waals surface area (Å²) in [5.74, 6) is 1.38. The van der Waals surface area contributed by atoms with Crippen molar-refractivity contribution in [2.75, 3.05) is 22.5 Å². The molecule has 3 aromatic rings. The number of hydrogen-bond donors (Lipinski definition) is 3. The quantitative estimate of drug-likeness (QED) is 0.501. The van der Waals surface area contributed by atoms with Crippen molar-refractivity contribution >= 4 is 23.2 Å². The molecule has 0 saturated carbocycles. The predicted octanol–water partition coefficient (Wildman–Crippen LogP) is 5.18. The van der Waals surface area contributed by atoms with Crippen LogP contribution in [0.4, 0.5) is 22.0 Å². The van der Waals surface area contributed by atoms with Gasteiger partial charge in [0.25, 0.3) is 0 Å². The molecule has 32 heavy (non-hydrogen) atoms. The number of nitrogens with one attached hydrogen (secondary N) is 3. The van der Waals surface area contributed by atoms with Gasteiger partial charge in [-0.05, 0) is 56.0 Å². The number of anilines is 3. The normalized spacial score (nSPS) is 15.8. The highest BCUT2D eigenvalue weighted by molar-refractivity contribution is 6.00. The molecular formula is C25H29N5O2. The molecule has 2 amide bonds. The van der Waals surface area contributed by atoms with E-state index in [1.807, 2.05) is 32.0 Å². The number of fused-ring (bicyclic) bond motifs is 1. The van der Waals surface area contributed by atoms with Gasteiger partial charge in [0.2, 0.25) is 0 Å².